The van der Waals surface area contributed by atoms with Crippen LogP contribution in [0, 0.1) is 0 Å². The number of hydrogen-bond acceptors (Lipinski definition) is 0. The highest BCUT2D eigenvalue weighted by atomic mass is 14.0. The van der Waals surface area contributed by atoms with Crippen LogP contribution in [0.2, 0.25) is 0 Å². The first-order chi connectivity index (χ1) is 6.38. The third-order valence-corrected chi connectivity index (χ3v) is 1.87. The second-order valence-electron chi connectivity index (χ2n) is 2.53. The van der Waals surface area contributed by atoms with Crippen LogP contribution in [0.15, 0.2) is 36.4 Å². The van der Waals surface area contributed by atoms with Crippen LogP contribution in [-0.4, -0.2) is 0 Å². The first-order valence-electron chi connectivity index (χ1n) is 5.09. The fourth-order valence-corrected chi connectivity index (χ4v) is 1.23. The molecule has 0 unspecified atom stereocenters. The Morgan fingerprint density at radius 2 is 1.69 bits per heavy atom. The molecule has 0 heteroatoms. The fourth-order valence-electron chi connectivity index (χ4n) is 1.23. The van der Waals surface area contributed by atoms with Crippen molar-refractivity contribution in [2.24, 2.45) is 0 Å². The van der Waals surface area contributed by atoms with Gasteiger partial charge in [0.25, 0.3) is 0 Å². The molecule has 13 heavy (non-hydrogen) atoms. The summed E-state index contributed by atoms with van der Waals surface area (Å²) in [5, 5.41) is 0. The van der Waals surface area contributed by atoms with Crippen LogP contribution in [0.5, 0.6) is 0 Å². The van der Waals surface area contributed by atoms with Crippen molar-refractivity contribution in [2.45, 2.75) is 34.1 Å². The lowest BCUT2D eigenvalue weighted by molar-refractivity contribution is 1.23. The maximum absolute atomic E-state index is 2.18. The minimum absolute atomic E-state index is 1.11. The second-order valence-corrected chi connectivity index (χ2v) is 2.53. The van der Waals surface area contributed by atoms with Gasteiger partial charge in [0.05, 0.1) is 0 Å². The first kappa shape index (κ1) is 12.0. The van der Waals surface area contributed by atoms with Crippen LogP contribution in [0.3, 0.4) is 0 Å². The van der Waals surface area contributed by atoms with Gasteiger partial charge < -0.3 is 0 Å². The molecular formula is C13H20. The van der Waals surface area contributed by atoms with E-state index in [0.29, 0.717) is 0 Å². The molecule has 0 saturated carbocycles. The standard InChI is InChI=1S/C11H14.C2H6/c1-3-10(4-2)11-8-6-5-7-9-11;1-2/h3,5-9H,4H2,1-2H3;1-2H3/b10-3-;. The zero-order valence-electron chi connectivity index (χ0n) is 9.17. The van der Waals surface area contributed by atoms with E-state index in [1.807, 2.05) is 19.9 Å². The molecule has 0 bridgehead atoms. The van der Waals surface area contributed by atoms with Crippen molar-refractivity contribution in [3.63, 3.8) is 0 Å². The van der Waals surface area contributed by atoms with E-state index < -0.39 is 0 Å². The monoisotopic (exact) mass is 176 g/mol. The smallest absolute Gasteiger partial charge is 0.0228 e. The van der Waals surface area contributed by atoms with Gasteiger partial charge in [-0.15, -0.1) is 0 Å². The molecular weight excluding hydrogens is 156 g/mol. The summed E-state index contributed by atoms with van der Waals surface area (Å²) in [7, 11) is 0. The molecule has 1 rings (SSSR count). The van der Waals surface area contributed by atoms with Crippen molar-refractivity contribution in [3.8, 4) is 0 Å². The minimum Gasteiger partial charge on any atom is -0.0839 e. The summed E-state index contributed by atoms with van der Waals surface area (Å²) in [5.74, 6) is 0. The molecule has 0 nitrogen and oxygen atoms in total. The third-order valence-electron chi connectivity index (χ3n) is 1.87. The van der Waals surface area contributed by atoms with Gasteiger partial charge in [-0.2, -0.15) is 0 Å². The molecule has 0 aromatic heterocycles. The van der Waals surface area contributed by atoms with E-state index >= 15 is 0 Å². The lowest BCUT2D eigenvalue weighted by atomic mass is 10.0. The van der Waals surface area contributed by atoms with Crippen molar-refractivity contribution in [1.82, 2.24) is 0 Å². The molecule has 0 heterocycles. The van der Waals surface area contributed by atoms with Crippen molar-refractivity contribution in [1.29, 1.82) is 0 Å². The SMILES string of the molecule is C/C=C(/CC)c1ccccc1.CC. The van der Waals surface area contributed by atoms with Crippen LogP contribution in [0.1, 0.15) is 39.7 Å². The van der Waals surface area contributed by atoms with Gasteiger partial charge in [0, 0.05) is 0 Å². The molecule has 1 aromatic rings. The Bertz CT molecular complexity index is 231. The number of hydrogen-bond donors (Lipinski definition) is 0. The zero-order valence-corrected chi connectivity index (χ0v) is 9.17. The van der Waals surface area contributed by atoms with Gasteiger partial charge in [-0.05, 0) is 24.5 Å². The summed E-state index contributed by atoms with van der Waals surface area (Å²) < 4.78 is 0. The van der Waals surface area contributed by atoms with E-state index in [9.17, 15) is 0 Å². The third kappa shape index (κ3) is 3.93. The van der Waals surface area contributed by atoms with Gasteiger partial charge in [-0.3, -0.25) is 0 Å². The Hall–Kier alpha value is -1.04. The largest absolute Gasteiger partial charge is 0.0839 e. The van der Waals surface area contributed by atoms with Crippen LogP contribution in [0.25, 0.3) is 5.57 Å². The maximum atomic E-state index is 2.18. The van der Waals surface area contributed by atoms with E-state index in [0.717, 1.165) is 6.42 Å². The Kier molecular flexibility index (Phi) is 6.99. The molecule has 0 aliphatic heterocycles. The van der Waals surface area contributed by atoms with Crippen LogP contribution in [0.4, 0.5) is 0 Å². The Balaban J connectivity index is 0.000000671. The molecule has 0 atom stereocenters. The fraction of sp³-hybridized carbons (Fsp3) is 0.385. The van der Waals surface area contributed by atoms with Gasteiger partial charge in [-0.1, -0.05) is 57.2 Å². The van der Waals surface area contributed by atoms with Crippen molar-refractivity contribution in [3.05, 3.63) is 42.0 Å². The van der Waals surface area contributed by atoms with Crippen LogP contribution < -0.4 is 0 Å². The van der Waals surface area contributed by atoms with Crippen LogP contribution in [-0.2, 0) is 0 Å². The van der Waals surface area contributed by atoms with E-state index in [1.165, 1.54) is 11.1 Å². The molecule has 72 valence electrons. The molecule has 1 aromatic carbocycles. The number of rotatable bonds is 2. The van der Waals surface area contributed by atoms with E-state index in [-0.39, 0.29) is 0 Å². The van der Waals surface area contributed by atoms with Gasteiger partial charge >= 0.3 is 0 Å². The highest BCUT2D eigenvalue weighted by Crippen LogP contribution is 2.16. The highest BCUT2D eigenvalue weighted by Gasteiger charge is 1.93. The molecule has 0 fully saturated rings. The van der Waals surface area contributed by atoms with Crippen molar-refractivity contribution in [2.75, 3.05) is 0 Å². The lowest BCUT2D eigenvalue weighted by Crippen LogP contribution is -1.79. The summed E-state index contributed by atoms with van der Waals surface area (Å²) in [4.78, 5) is 0. The molecule has 0 N–H and O–H groups in total. The quantitative estimate of drug-likeness (QED) is 0.621. The summed E-state index contributed by atoms with van der Waals surface area (Å²) in [6, 6.07) is 10.5. The number of benzene rings is 1. The average molecular weight is 176 g/mol. The van der Waals surface area contributed by atoms with Crippen molar-refractivity contribution < 1.29 is 0 Å². The predicted molar refractivity (Wildman–Crippen MR) is 61.7 cm³/mol. The number of allylic oxidation sites excluding steroid dienone is 2. The maximum Gasteiger partial charge on any atom is -0.0228 e. The van der Waals surface area contributed by atoms with Crippen molar-refractivity contribution >= 4 is 5.57 Å². The Labute approximate surface area is 82.3 Å². The predicted octanol–water partition coefficient (Wildman–Crippen LogP) is 4.53. The van der Waals surface area contributed by atoms with Gasteiger partial charge in [0.1, 0.15) is 0 Å². The first-order valence-corrected chi connectivity index (χ1v) is 5.09. The van der Waals surface area contributed by atoms with E-state index in [2.05, 4.69) is 44.2 Å². The topological polar surface area (TPSA) is 0 Å². The lowest BCUT2D eigenvalue weighted by Gasteiger charge is -2.01. The molecule has 0 spiro atoms. The normalized spacial score (nSPS) is 10.3. The van der Waals surface area contributed by atoms with E-state index in [1.54, 1.807) is 0 Å². The summed E-state index contributed by atoms with van der Waals surface area (Å²) >= 11 is 0. The van der Waals surface area contributed by atoms with Gasteiger partial charge in [-0.25, -0.2) is 0 Å². The summed E-state index contributed by atoms with van der Waals surface area (Å²) in [6.07, 6.45) is 3.29. The molecule has 0 aliphatic carbocycles. The molecule has 0 amide bonds. The van der Waals surface area contributed by atoms with Crippen LogP contribution >= 0.6 is 0 Å². The average Bonchev–Trinajstić information content (AvgIpc) is 2.24. The molecule has 0 radical (unpaired) electrons. The highest BCUT2D eigenvalue weighted by molar-refractivity contribution is 5.64. The van der Waals surface area contributed by atoms with E-state index in [4.69, 9.17) is 0 Å². The zero-order chi connectivity index (χ0) is 10.1. The van der Waals surface area contributed by atoms with Gasteiger partial charge in [0.15, 0.2) is 0 Å². The summed E-state index contributed by atoms with van der Waals surface area (Å²) in [5.41, 5.74) is 2.77. The Morgan fingerprint density at radius 1 is 1.15 bits per heavy atom. The molecule has 0 saturated heterocycles. The Morgan fingerprint density at radius 3 is 2.08 bits per heavy atom. The molecule has 0 aliphatic rings. The van der Waals surface area contributed by atoms with Gasteiger partial charge in [0.2, 0.25) is 0 Å². The minimum atomic E-state index is 1.11. The summed E-state index contributed by atoms with van der Waals surface area (Å²) in [6.45, 7) is 8.27. The second kappa shape index (κ2) is 7.60.